The minimum atomic E-state index is -1.16. The van der Waals surface area contributed by atoms with Crippen LogP contribution in [0, 0.1) is 3.57 Å². The molecule has 1 N–H and O–H groups in total. The first-order valence-corrected chi connectivity index (χ1v) is 6.98. The summed E-state index contributed by atoms with van der Waals surface area (Å²) in [6, 6.07) is 14.7. The fraction of sp³-hybridized carbons (Fsp3) is 0.133. The maximum Gasteiger partial charge on any atom is 0.199 e. The standard InChI is InChI=1S/C15H11IO3/c16-10-6-7-12-11(8-10)13(17)14(18)15(19-12)9-4-2-1-3-5-9/h1-8,14-15,18H. The molecule has 0 aliphatic carbocycles. The number of carbonyl (C=O) groups is 1. The Balaban J connectivity index is 2.04. The molecule has 0 spiro atoms. The van der Waals surface area contributed by atoms with E-state index in [4.69, 9.17) is 4.74 Å². The molecule has 3 rings (SSSR count). The van der Waals surface area contributed by atoms with Gasteiger partial charge in [-0.05, 0) is 46.4 Å². The number of hydrogen-bond acceptors (Lipinski definition) is 3. The molecule has 0 radical (unpaired) electrons. The van der Waals surface area contributed by atoms with E-state index in [9.17, 15) is 9.90 Å². The van der Waals surface area contributed by atoms with E-state index in [-0.39, 0.29) is 5.78 Å². The Morgan fingerprint density at radius 1 is 1.11 bits per heavy atom. The molecule has 1 aliphatic rings. The Hall–Kier alpha value is -1.40. The number of ether oxygens (including phenoxy) is 1. The number of ketones is 1. The number of hydrogen-bond donors (Lipinski definition) is 1. The van der Waals surface area contributed by atoms with Gasteiger partial charge < -0.3 is 9.84 Å². The summed E-state index contributed by atoms with van der Waals surface area (Å²) in [5.74, 6) is 0.248. The van der Waals surface area contributed by atoms with Gasteiger partial charge in [-0.1, -0.05) is 30.3 Å². The number of Topliss-reactive ketones (excluding diaryl/α,β-unsaturated/α-hetero) is 1. The van der Waals surface area contributed by atoms with Crippen molar-refractivity contribution in [3.05, 3.63) is 63.2 Å². The lowest BCUT2D eigenvalue weighted by atomic mass is 9.94. The van der Waals surface area contributed by atoms with Crippen molar-refractivity contribution in [3.63, 3.8) is 0 Å². The third kappa shape index (κ3) is 2.26. The van der Waals surface area contributed by atoms with Crippen molar-refractivity contribution < 1.29 is 14.6 Å². The molecule has 1 aliphatic heterocycles. The van der Waals surface area contributed by atoms with Gasteiger partial charge in [0, 0.05) is 3.57 Å². The summed E-state index contributed by atoms with van der Waals surface area (Å²) in [6.45, 7) is 0. The monoisotopic (exact) mass is 366 g/mol. The normalized spacial score (nSPS) is 21.7. The first-order chi connectivity index (χ1) is 9.16. The lowest BCUT2D eigenvalue weighted by Crippen LogP contribution is -2.36. The van der Waals surface area contributed by atoms with E-state index in [0.29, 0.717) is 11.3 Å². The van der Waals surface area contributed by atoms with Crippen molar-refractivity contribution in [3.8, 4) is 5.75 Å². The molecule has 3 nitrogen and oxygen atoms in total. The maximum atomic E-state index is 12.2. The number of fused-ring (bicyclic) bond motifs is 1. The van der Waals surface area contributed by atoms with Crippen molar-refractivity contribution in [1.82, 2.24) is 0 Å². The van der Waals surface area contributed by atoms with Crippen molar-refractivity contribution in [2.45, 2.75) is 12.2 Å². The first kappa shape index (κ1) is 12.6. The van der Waals surface area contributed by atoms with Crippen LogP contribution < -0.4 is 4.74 Å². The highest BCUT2D eigenvalue weighted by Crippen LogP contribution is 2.35. The van der Waals surface area contributed by atoms with E-state index in [0.717, 1.165) is 9.13 Å². The van der Waals surface area contributed by atoms with Crippen LogP contribution in [-0.2, 0) is 0 Å². The summed E-state index contributed by atoms with van der Waals surface area (Å²) >= 11 is 2.13. The Labute approximate surface area is 124 Å². The predicted octanol–water partition coefficient (Wildman–Crippen LogP) is 2.97. The van der Waals surface area contributed by atoms with Crippen molar-refractivity contribution in [1.29, 1.82) is 0 Å². The highest BCUT2D eigenvalue weighted by molar-refractivity contribution is 14.1. The summed E-state index contributed by atoms with van der Waals surface area (Å²) in [4.78, 5) is 12.2. The lowest BCUT2D eigenvalue weighted by Gasteiger charge is -2.29. The van der Waals surface area contributed by atoms with Crippen LogP contribution in [0.4, 0.5) is 0 Å². The molecule has 0 saturated heterocycles. The van der Waals surface area contributed by atoms with Gasteiger partial charge in [0.25, 0.3) is 0 Å². The second-order valence-corrected chi connectivity index (χ2v) is 5.64. The Kier molecular flexibility index (Phi) is 3.28. The first-order valence-electron chi connectivity index (χ1n) is 5.90. The van der Waals surface area contributed by atoms with Gasteiger partial charge >= 0.3 is 0 Å². The van der Waals surface area contributed by atoms with Crippen molar-refractivity contribution in [2.75, 3.05) is 0 Å². The minimum Gasteiger partial charge on any atom is -0.482 e. The highest BCUT2D eigenvalue weighted by Gasteiger charge is 2.36. The fourth-order valence-corrected chi connectivity index (χ4v) is 2.68. The number of halogens is 1. The smallest absolute Gasteiger partial charge is 0.199 e. The van der Waals surface area contributed by atoms with Gasteiger partial charge in [-0.15, -0.1) is 0 Å². The molecule has 0 fully saturated rings. The highest BCUT2D eigenvalue weighted by atomic mass is 127. The molecule has 0 saturated carbocycles. The van der Waals surface area contributed by atoms with E-state index in [1.807, 2.05) is 36.4 Å². The van der Waals surface area contributed by atoms with Gasteiger partial charge in [0.15, 0.2) is 18.0 Å². The third-order valence-corrected chi connectivity index (χ3v) is 3.82. The molecule has 2 unspecified atom stereocenters. The SMILES string of the molecule is O=C1c2cc(I)ccc2OC(c2ccccc2)C1O. The molecule has 2 aromatic rings. The van der Waals surface area contributed by atoms with Gasteiger partial charge in [-0.2, -0.15) is 0 Å². The van der Waals surface area contributed by atoms with E-state index < -0.39 is 12.2 Å². The number of aliphatic hydroxyl groups excluding tert-OH is 1. The summed E-state index contributed by atoms with van der Waals surface area (Å²) in [7, 11) is 0. The van der Waals surface area contributed by atoms with Crippen LogP contribution in [-0.4, -0.2) is 17.0 Å². The van der Waals surface area contributed by atoms with E-state index in [1.165, 1.54) is 0 Å². The molecule has 19 heavy (non-hydrogen) atoms. The van der Waals surface area contributed by atoms with E-state index in [2.05, 4.69) is 22.6 Å². The zero-order valence-corrected chi connectivity index (χ0v) is 12.1. The quantitative estimate of drug-likeness (QED) is 0.790. The Morgan fingerprint density at radius 3 is 2.58 bits per heavy atom. The Bertz CT molecular complexity index is 625. The van der Waals surface area contributed by atoms with Crippen LogP contribution in [0.15, 0.2) is 48.5 Å². The third-order valence-electron chi connectivity index (χ3n) is 3.14. The number of aliphatic hydroxyl groups is 1. The molecule has 0 bridgehead atoms. The second kappa shape index (κ2) is 4.94. The number of carbonyl (C=O) groups excluding carboxylic acids is 1. The summed E-state index contributed by atoms with van der Waals surface area (Å²) in [6.07, 6.45) is -1.80. The molecule has 1 heterocycles. The van der Waals surface area contributed by atoms with Gasteiger partial charge in [-0.25, -0.2) is 0 Å². The summed E-state index contributed by atoms with van der Waals surface area (Å²) in [5, 5.41) is 10.2. The van der Waals surface area contributed by atoms with Crippen molar-refractivity contribution in [2.24, 2.45) is 0 Å². The average molecular weight is 366 g/mol. The van der Waals surface area contributed by atoms with Crippen LogP contribution in [0.5, 0.6) is 5.75 Å². The van der Waals surface area contributed by atoms with Crippen LogP contribution in [0.3, 0.4) is 0 Å². The van der Waals surface area contributed by atoms with Crippen LogP contribution in [0.1, 0.15) is 22.0 Å². The molecule has 2 atom stereocenters. The number of benzene rings is 2. The molecular weight excluding hydrogens is 355 g/mol. The maximum absolute atomic E-state index is 12.2. The zero-order chi connectivity index (χ0) is 13.4. The Morgan fingerprint density at radius 2 is 1.84 bits per heavy atom. The summed E-state index contributed by atoms with van der Waals surface area (Å²) in [5.41, 5.74) is 1.25. The predicted molar refractivity (Wildman–Crippen MR) is 79.3 cm³/mol. The molecule has 0 amide bonds. The fourth-order valence-electron chi connectivity index (χ4n) is 2.19. The van der Waals surface area contributed by atoms with Gasteiger partial charge in [-0.3, -0.25) is 4.79 Å². The molecule has 96 valence electrons. The largest absolute Gasteiger partial charge is 0.482 e. The molecular formula is C15H11IO3. The van der Waals surface area contributed by atoms with Crippen LogP contribution in [0.2, 0.25) is 0 Å². The topological polar surface area (TPSA) is 46.5 Å². The summed E-state index contributed by atoms with van der Waals surface area (Å²) < 4.78 is 6.72. The zero-order valence-electron chi connectivity index (χ0n) is 9.92. The van der Waals surface area contributed by atoms with E-state index >= 15 is 0 Å². The molecule has 0 aromatic heterocycles. The average Bonchev–Trinajstić information content (AvgIpc) is 2.44. The van der Waals surface area contributed by atoms with Crippen LogP contribution in [0.25, 0.3) is 0 Å². The van der Waals surface area contributed by atoms with Gasteiger partial charge in [0.1, 0.15) is 5.75 Å². The molecule has 4 heteroatoms. The van der Waals surface area contributed by atoms with E-state index in [1.54, 1.807) is 12.1 Å². The minimum absolute atomic E-state index is 0.284. The van der Waals surface area contributed by atoms with Gasteiger partial charge in [0.2, 0.25) is 0 Å². The lowest BCUT2D eigenvalue weighted by molar-refractivity contribution is 0.0216. The number of rotatable bonds is 1. The second-order valence-electron chi connectivity index (χ2n) is 4.40. The van der Waals surface area contributed by atoms with Gasteiger partial charge in [0.05, 0.1) is 5.56 Å². The molecule has 2 aromatic carbocycles. The van der Waals surface area contributed by atoms with Crippen LogP contribution >= 0.6 is 22.6 Å². The van der Waals surface area contributed by atoms with Crippen molar-refractivity contribution >= 4 is 28.4 Å².